The van der Waals surface area contributed by atoms with Crippen LogP contribution < -0.4 is 4.90 Å². The average Bonchev–Trinajstić information content (AvgIpc) is 3.75. The first kappa shape index (κ1) is 33.4. The quantitative estimate of drug-likeness (QED) is 0.135. The third-order valence-corrected chi connectivity index (χ3v) is 11.7. The fourth-order valence-corrected chi connectivity index (χ4v) is 8.87. The van der Waals surface area contributed by atoms with Crippen LogP contribution in [-0.2, 0) is 0 Å². The van der Waals surface area contributed by atoms with Crippen LogP contribution in [-0.4, -0.2) is 11.1 Å². The first-order chi connectivity index (χ1) is 26.6. The van der Waals surface area contributed by atoms with Crippen LogP contribution in [0.3, 0.4) is 0 Å². The van der Waals surface area contributed by atoms with Crippen LogP contribution in [0, 0.1) is 13.8 Å². The minimum atomic E-state index is 0.758. The number of fused-ring (bicyclic) bond motifs is 6. The number of rotatable bonds is 9. The highest BCUT2D eigenvalue weighted by Crippen LogP contribution is 2.41. The van der Waals surface area contributed by atoms with E-state index < -0.39 is 0 Å². The molecule has 0 spiro atoms. The van der Waals surface area contributed by atoms with Crippen molar-refractivity contribution >= 4 is 64.7 Å². The van der Waals surface area contributed by atoms with Gasteiger partial charge < -0.3 is 9.47 Å². The molecule has 2 heterocycles. The molecule has 0 saturated heterocycles. The van der Waals surface area contributed by atoms with E-state index >= 15 is 0 Å². The lowest BCUT2D eigenvalue weighted by Gasteiger charge is -2.24. The van der Waals surface area contributed by atoms with Crippen molar-refractivity contribution < 1.29 is 0 Å². The van der Waals surface area contributed by atoms with Gasteiger partial charge in [0, 0.05) is 54.6 Å². The Hall–Kier alpha value is -6.42. The van der Waals surface area contributed by atoms with Crippen LogP contribution in [0.2, 0.25) is 0 Å². The molecule has 0 radical (unpaired) electrons. The third-order valence-electron chi connectivity index (χ3n) is 10.5. The number of allylic oxidation sites excluding steroid dienone is 4. The Morgan fingerprint density at radius 3 is 1.89 bits per heavy atom. The Bertz CT molecular complexity index is 2850. The highest BCUT2D eigenvalue weighted by Gasteiger charge is 2.16. The summed E-state index contributed by atoms with van der Waals surface area (Å²) in [4.78, 5) is 2.37. The van der Waals surface area contributed by atoms with E-state index in [4.69, 9.17) is 0 Å². The zero-order chi connectivity index (χ0) is 36.6. The molecule has 260 valence electrons. The van der Waals surface area contributed by atoms with Crippen LogP contribution in [0.15, 0.2) is 189 Å². The summed E-state index contributed by atoms with van der Waals surface area (Å²) in [5.41, 5.74) is 13.5. The monoisotopic (exact) mass is 712 g/mol. The maximum atomic E-state index is 3.79. The largest absolute Gasteiger partial charge is 0.338 e. The molecule has 0 bridgehead atoms. The molecule has 0 aliphatic heterocycles. The molecule has 0 unspecified atom stereocenters. The van der Waals surface area contributed by atoms with Crippen molar-refractivity contribution in [1.29, 1.82) is 0 Å². The smallest absolute Gasteiger partial charge is 0.0541 e. The van der Waals surface area contributed by atoms with Gasteiger partial charge in [0.2, 0.25) is 0 Å². The van der Waals surface area contributed by atoms with Gasteiger partial charge in [0.05, 0.1) is 11.0 Å². The van der Waals surface area contributed by atoms with Crippen LogP contribution in [0.25, 0.3) is 69.9 Å². The number of hydrogen-bond acceptors (Lipinski definition) is 2. The van der Waals surface area contributed by atoms with E-state index in [0.29, 0.717) is 0 Å². The second-order valence-electron chi connectivity index (χ2n) is 13.9. The van der Waals surface area contributed by atoms with E-state index in [9.17, 15) is 0 Å². The molecule has 0 N–H and O–H groups in total. The molecule has 9 rings (SSSR count). The van der Waals surface area contributed by atoms with Gasteiger partial charge in [0.25, 0.3) is 0 Å². The summed E-state index contributed by atoms with van der Waals surface area (Å²) in [7, 11) is 0. The highest BCUT2D eigenvalue weighted by atomic mass is 32.1. The van der Waals surface area contributed by atoms with Gasteiger partial charge in [-0.1, -0.05) is 116 Å². The van der Waals surface area contributed by atoms with Crippen LogP contribution >= 0.6 is 11.3 Å². The second-order valence-corrected chi connectivity index (χ2v) is 15.0. The Morgan fingerprint density at radius 1 is 0.537 bits per heavy atom. The lowest BCUT2D eigenvalue weighted by Crippen LogP contribution is -2.16. The van der Waals surface area contributed by atoms with Gasteiger partial charge in [-0.15, -0.1) is 11.3 Å². The molecule has 0 atom stereocenters. The summed E-state index contributed by atoms with van der Waals surface area (Å²) >= 11 is 1.86. The first-order valence-corrected chi connectivity index (χ1v) is 19.3. The standard InChI is InChI=1S/C51H40N2S/c1-4-5-6-7-15-30-52(39-16-9-8-10-17-39)40-27-29-51-47(33-40)46-32-38(25-28-50(46)54-51)37-24-22-35(2)44(31-37)45-34-41(26-23-36(45)3)53-48-20-13-11-18-42(48)43-19-12-14-21-49(43)53/h4-29,31-34H,1,30H2,2-3H3/b6-5-,15-7-. The topological polar surface area (TPSA) is 8.17 Å². The number of thiophene rings is 1. The fraction of sp³-hybridized carbons (Fsp3) is 0.0588. The van der Waals surface area contributed by atoms with Crippen molar-refractivity contribution in [3.05, 3.63) is 200 Å². The molecule has 2 nitrogen and oxygen atoms in total. The van der Waals surface area contributed by atoms with Crippen molar-refractivity contribution in [2.75, 3.05) is 11.4 Å². The van der Waals surface area contributed by atoms with Gasteiger partial charge in [-0.25, -0.2) is 0 Å². The predicted octanol–water partition coefficient (Wildman–Crippen LogP) is 14.5. The lowest BCUT2D eigenvalue weighted by atomic mass is 9.92. The van der Waals surface area contributed by atoms with E-state index in [1.807, 2.05) is 23.5 Å². The summed E-state index contributed by atoms with van der Waals surface area (Å²) in [5.74, 6) is 0. The van der Waals surface area contributed by atoms with E-state index in [1.165, 1.54) is 92.4 Å². The SMILES string of the molecule is C=C/C=C\C=C/CN(c1ccccc1)c1ccc2sc3ccc(-c4ccc(C)c(-c5cc(-n6c7ccccc7c7ccccc76)ccc5C)c4)cc3c2c1. The Kier molecular flexibility index (Phi) is 8.78. The van der Waals surface area contributed by atoms with E-state index in [1.54, 1.807) is 6.08 Å². The molecule has 0 amide bonds. The number of aromatic nitrogens is 1. The number of aryl methyl sites for hydroxylation is 2. The number of para-hydroxylation sites is 3. The number of hydrogen-bond donors (Lipinski definition) is 0. The molecule has 54 heavy (non-hydrogen) atoms. The maximum Gasteiger partial charge on any atom is 0.0541 e. The van der Waals surface area contributed by atoms with E-state index in [0.717, 1.165) is 6.54 Å². The molecule has 3 heteroatoms. The van der Waals surface area contributed by atoms with Crippen LogP contribution in [0.1, 0.15) is 11.1 Å². The molecular weight excluding hydrogens is 673 g/mol. The highest BCUT2D eigenvalue weighted by molar-refractivity contribution is 7.25. The summed E-state index contributed by atoms with van der Waals surface area (Å²) in [6.07, 6.45) is 10.0. The molecule has 0 aliphatic rings. The summed E-state index contributed by atoms with van der Waals surface area (Å²) in [6.45, 7) is 9.00. The number of nitrogens with zero attached hydrogens (tertiary/aromatic N) is 2. The van der Waals surface area contributed by atoms with Crippen LogP contribution in [0.5, 0.6) is 0 Å². The van der Waals surface area contributed by atoms with E-state index in [-0.39, 0.29) is 0 Å². The van der Waals surface area contributed by atoms with Crippen molar-refractivity contribution in [3.8, 4) is 27.9 Å². The Labute approximate surface area is 320 Å². The Balaban J connectivity index is 1.12. The molecule has 9 aromatic rings. The van der Waals surface area contributed by atoms with Gasteiger partial charge in [-0.2, -0.15) is 0 Å². The summed E-state index contributed by atoms with van der Waals surface area (Å²) in [5, 5.41) is 5.13. The van der Waals surface area contributed by atoms with E-state index in [2.05, 4.69) is 194 Å². The minimum absolute atomic E-state index is 0.758. The number of benzene rings is 7. The van der Waals surface area contributed by atoms with Gasteiger partial charge in [0.15, 0.2) is 0 Å². The maximum absolute atomic E-state index is 3.79. The predicted molar refractivity (Wildman–Crippen MR) is 236 cm³/mol. The van der Waals surface area contributed by atoms with Crippen molar-refractivity contribution in [2.24, 2.45) is 0 Å². The fourth-order valence-electron chi connectivity index (χ4n) is 7.80. The van der Waals surface area contributed by atoms with Gasteiger partial charge in [-0.05, 0) is 120 Å². The van der Waals surface area contributed by atoms with Gasteiger partial charge in [-0.3, -0.25) is 0 Å². The lowest BCUT2D eigenvalue weighted by molar-refractivity contribution is 1.10. The molecule has 7 aromatic carbocycles. The number of anilines is 2. The van der Waals surface area contributed by atoms with Crippen LogP contribution in [0.4, 0.5) is 11.4 Å². The summed E-state index contributed by atoms with van der Waals surface area (Å²) in [6, 6.07) is 55.8. The molecule has 0 aliphatic carbocycles. The Morgan fingerprint density at radius 2 is 1.15 bits per heavy atom. The molecule has 2 aromatic heterocycles. The molecule has 0 fully saturated rings. The third kappa shape index (κ3) is 6.03. The zero-order valence-corrected chi connectivity index (χ0v) is 31.4. The molecular formula is C51H40N2S. The first-order valence-electron chi connectivity index (χ1n) is 18.5. The van der Waals surface area contributed by atoms with Crippen molar-refractivity contribution in [3.63, 3.8) is 0 Å². The van der Waals surface area contributed by atoms with Crippen molar-refractivity contribution in [1.82, 2.24) is 4.57 Å². The molecule has 0 saturated carbocycles. The van der Waals surface area contributed by atoms with Crippen molar-refractivity contribution in [2.45, 2.75) is 13.8 Å². The normalized spacial score (nSPS) is 11.9. The van der Waals surface area contributed by atoms with Gasteiger partial charge in [0.1, 0.15) is 0 Å². The minimum Gasteiger partial charge on any atom is -0.338 e. The average molecular weight is 713 g/mol. The summed E-state index contributed by atoms with van der Waals surface area (Å²) < 4.78 is 5.00. The zero-order valence-electron chi connectivity index (χ0n) is 30.5. The van der Waals surface area contributed by atoms with Gasteiger partial charge >= 0.3 is 0 Å². The second kappa shape index (κ2) is 14.2.